The van der Waals surface area contributed by atoms with Crippen LogP contribution in [0, 0.1) is 0 Å². The summed E-state index contributed by atoms with van der Waals surface area (Å²) in [6.07, 6.45) is 10.9. The fraction of sp³-hybridized carbons (Fsp3) is 0.316. The minimum Gasteiger partial charge on any atom is -0.315 e. The first-order valence-corrected chi connectivity index (χ1v) is 9.98. The first kappa shape index (κ1) is 16.3. The van der Waals surface area contributed by atoms with E-state index < -0.39 is 0 Å². The molecule has 0 radical (unpaired) electrons. The van der Waals surface area contributed by atoms with Crippen molar-refractivity contribution in [1.29, 1.82) is 0 Å². The average molecular weight is 378 g/mol. The number of rotatable bonds is 4. The Hall–Kier alpha value is -2.87. The number of hydrogen-bond acceptors (Lipinski definition) is 6. The normalized spacial score (nSPS) is 14.9. The van der Waals surface area contributed by atoms with Crippen LogP contribution in [0.2, 0.25) is 0 Å². The average Bonchev–Trinajstić information content (AvgIpc) is 3.42. The van der Waals surface area contributed by atoms with Crippen molar-refractivity contribution in [3.63, 3.8) is 0 Å². The Morgan fingerprint density at radius 2 is 2.04 bits per heavy atom. The summed E-state index contributed by atoms with van der Waals surface area (Å²) in [5.41, 5.74) is 3.83. The Balaban J connectivity index is 1.41. The molecule has 0 unspecified atom stereocenters. The molecule has 1 aliphatic rings. The van der Waals surface area contributed by atoms with Crippen molar-refractivity contribution >= 4 is 33.3 Å². The number of nitrogens with zero attached hydrogens (tertiary/aromatic N) is 5. The topological polar surface area (TPSA) is 83.3 Å². The lowest BCUT2D eigenvalue weighted by Crippen LogP contribution is -2.27. The van der Waals surface area contributed by atoms with Crippen LogP contribution in [0.1, 0.15) is 36.6 Å². The summed E-state index contributed by atoms with van der Waals surface area (Å²) < 4.78 is 1.91. The Kier molecular flexibility index (Phi) is 4.05. The fourth-order valence-electron chi connectivity index (χ4n) is 3.58. The highest BCUT2D eigenvalue weighted by Gasteiger charge is 2.21. The van der Waals surface area contributed by atoms with E-state index in [1.165, 1.54) is 25.7 Å². The van der Waals surface area contributed by atoms with Gasteiger partial charge in [-0.1, -0.05) is 24.2 Å². The maximum Gasteiger partial charge on any atom is 0.211 e. The third kappa shape index (κ3) is 3.28. The number of aryl methyl sites for hydroxylation is 1. The van der Waals surface area contributed by atoms with Crippen LogP contribution in [-0.2, 0) is 7.05 Å². The monoisotopic (exact) mass is 378 g/mol. The lowest BCUT2D eigenvalue weighted by molar-refractivity contribution is -0.726. The van der Waals surface area contributed by atoms with E-state index in [4.69, 9.17) is 4.98 Å². The molecule has 0 saturated heterocycles. The van der Waals surface area contributed by atoms with E-state index in [0.29, 0.717) is 5.92 Å². The van der Waals surface area contributed by atoms with Gasteiger partial charge in [-0.2, -0.15) is 5.10 Å². The van der Waals surface area contributed by atoms with Crippen molar-refractivity contribution < 1.29 is 4.68 Å². The van der Waals surface area contributed by atoms with E-state index >= 15 is 0 Å². The third-order valence-corrected chi connectivity index (χ3v) is 6.01. The van der Waals surface area contributed by atoms with Crippen LogP contribution in [0.25, 0.3) is 22.2 Å². The zero-order valence-electron chi connectivity index (χ0n) is 15.0. The molecule has 136 valence electrons. The fourth-order valence-corrected chi connectivity index (χ4v) is 4.50. The number of nitrogens with one attached hydrogen (secondary N) is 2. The number of hydrogen-bond donors (Lipinski definition) is 2. The van der Waals surface area contributed by atoms with Crippen molar-refractivity contribution in [3.05, 3.63) is 41.8 Å². The van der Waals surface area contributed by atoms with Gasteiger partial charge in [-0.25, -0.2) is 4.98 Å². The summed E-state index contributed by atoms with van der Waals surface area (Å²) in [4.78, 5) is 9.25. The highest BCUT2D eigenvalue weighted by atomic mass is 32.1. The predicted molar refractivity (Wildman–Crippen MR) is 105 cm³/mol. The van der Waals surface area contributed by atoms with Crippen molar-refractivity contribution in [2.45, 2.75) is 31.6 Å². The highest BCUT2D eigenvalue weighted by molar-refractivity contribution is 7.15. The highest BCUT2D eigenvalue weighted by Crippen LogP contribution is 2.37. The summed E-state index contributed by atoms with van der Waals surface area (Å²) in [7, 11) is 1.96. The number of H-pyrrole nitrogens is 1. The quantitative estimate of drug-likeness (QED) is 0.529. The number of pyridine rings is 2. The maximum atomic E-state index is 4.72. The van der Waals surface area contributed by atoms with Crippen LogP contribution in [0.15, 0.2) is 36.8 Å². The van der Waals surface area contributed by atoms with Gasteiger partial charge in [0.05, 0.1) is 22.8 Å². The van der Waals surface area contributed by atoms with Crippen LogP contribution >= 0.6 is 11.3 Å². The smallest absolute Gasteiger partial charge is 0.211 e. The van der Waals surface area contributed by atoms with Gasteiger partial charge < -0.3 is 5.32 Å². The minimum absolute atomic E-state index is 0.581. The summed E-state index contributed by atoms with van der Waals surface area (Å²) in [5, 5.41) is 17.0. The van der Waals surface area contributed by atoms with E-state index in [9.17, 15) is 0 Å². The molecule has 0 bridgehead atoms. The van der Waals surface area contributed by atoms with Gasteiger partial charge in [0.2, 0.25) is 11.3 Å². The molecule has 8 heteroatoms. The molecule has 0 spiro atoms. The molecule has 1 fully saturated rings. The molecule has 7 nitrogen and oxygen atoms in total. The standard InChI is InChI=1S/C19H19N7S/c1-26-11-14(10-21-26)13-8-16-15(20-9-13)6-7-17(22-16)23-19-25-24-18(27-19)12-4-2-3-5-12/h6-12H,2-5H2,1H3,(H,22,23,25)/p+1. The zero-order chi connectivity index (χ0) is 18.2. The first-order chi connectivity index (χ1) is 13.2. The second-order valence-corrected chi connectivity index (χ2v) is 7.99. The molecule has 2 N–H and O–H groups in total. The molecule has 4 aromatic heterocycles. The Morgan fingerprint density at radius 3 is 2.85 bits per heavy atom. The zero-order valence-corrected chi connectivity index (χ0v) is 15.8. The molecule has 5 rings (SSSR count). The van der Waals surface area contributed by atoms with Crippen LogP contribution < -0.4 is 10.00 Å². The molecular formula is C19H20N7S+. The lowest BCUT2D eigenvalue weighted by Gasteiger charge is -2.04. The second kappa shape index (κ2) is 6.70. The molecule has 1 saturated carbocycles. The summed E-state index contributed by atoms with van der Waals surface area (Å²) in [5.74, 6) is 1.34. The van der Waals surface area contributed by atoms with Crippen molar-refractivity contribution in [2.75, 3.05) is 5.32 Å². The van der Waals surface area contributed by atoms with Gasteiger partial charge in [-0.3, -0.25) is 4.98 Å². The largest absolute Gasteiger partial charge is 0.315 e. The van der Waals surface area contributed by atoms with Gasteiger partial charge in [0.1, 0.15) is 10.8 Å². The maximum absolute atomic E-state index is 4.72. The third-order valence-electron chi connectivity index (χ3n) is 5.01. The SMILES string of the molecule is C[n+]1cc(-c2cnc3ccc(Nc4nnc(C5CCCC5)s4)nc3c2)c[nH]1. The van der Waals surface area contributed by atoms with Gasteiger partial charge in [0, 0.05) is 17.7 Å². The Morgan fingerprint density at radius 1 is 1.15 bits per heavy atom. The van der Waals surface area contributed by atoms with Gasteiger partial charge in [0.15, 0.2) is 7.05 Å². The summed E-state index contributed by atoms with van der Waals surface area (Å²) in [6, 6.07) is 5.97. The molecule has 1 aliphatic carbocycles. The molecule has 0 amide bonds. The van der Waals surface area contributed by atoms with Gasteiger partial charge in [-0.15, -0.1) is 14.9 Å². The molecule has 27 heavy (non-hydrogen) atoms. The van der Waals surface area contributed by atoms with Crippen LogP contribution in [0.4, 0.5) is 10.9 Å². The minimum atomic E-state index is 0.581. The van der Waals surface area contributed by atoms with Crippen LogP contribution in [0.5, 0.6) is 0 Å². The van der Waals surface area contributed by atoms with Gasteiger partial charge >= 0.3 is 0 Å². The Bertz CT molecular complexity index is 1090. The van der Waals surface area contributed by atoms with Crippen LogP contribution in [0.3, 0.4) is 0 Å². The Labute approximate surface area is 160 Å². The number of anilines is 2. The van der Waals surface area contributed by atoms with Gasteiger partial charge in [0.25, 0.3) is 0 Å². The van der Waals surface area contributed by atoms with E-state index in [-0.39, 0.29) is 0 Å². The first-order valence-electron chi connectivity index (χ1n) is 9.16. The number of fused-ring (bicyclic) bond motifs is 1. The molecule has 0 atom stereocenters. The van der Waals surface area contributed by atoms with Crippen molar-refractivity contribution in [3.8, 4) is 11.1 Å². The molecule has 4 heterocycles. The predicted octanol–water partition coefficient (Wildman–Crippen LogP) is 3.70. The number of aromatic nitrogens is 6. The second-order valence-electron chi connectivity index (χ2n) is 6.98. The van der Waals surface area contributed by atoms with E-state index in [1.807, 2.05) is 42.5 Å². The summed E-state index contributed by atoms with van der Waals surface area (Å²) >= 11 is 1.64. The molecular weight excluding hydrogens is 358 g/mol. The lowest BCUT2D eigenvalue weighted by atomic mass is 10.1. The van der Waals surface area contributed by atoms with Crippen LogP contribution in [-0.4, -0.2) is 25.3 Å². The summed E-state index contributed by atoms with van der Waals surface area (Å²) in [6.45, 7) is 0. The van der Waals surface area contributed by atoms with Gasteiger partial charge in [-0.05, 0) is 31.0 Å². The van der Waals surface area contributed by atoms with E-state index in [2.05, 4.69) is 31.7 Å². The van der Waals surface area contributed by atoms with Crippen molar-refractivity contribution in [1.82, 2.24) is 25.3 Å². The van der Waals surface area contributed by atoms with E-state index in [0.717, 1.165) is 38.1 Å². The van der Waals surface area contributed by atoms with E-state index in [1.54, 1.807) is 11.3 Å². The molecule has 4 aromatic rings. The molecule has 0 aromatic carbocycles. The molecule has 0 aliphatic heterocycles. The number of aromatic amines is 1. The van der Waals surface area contributed by atoms with Crippen molar-refractivity contribution in [2.24, 2.45) is 7.05 Å².